The van der Waals surface area contributed by atoms with Gasteiger partial charge in [0.2, 0.25) is 0 Å². The Balaban J connectivity index is 1.72. The Morgan fingerprint density at radius 2 is 1.59 bits per heavy atom. The van der Waals surface area contributed by atoms with Gasteiger partial charge in [0, 0.05) is 18.0 Å². The van der Waals surface area contributed by atoms with E-state index in [1.807, 2.05) is 68.4 Å². The lowest BCUT2D eigenvalue weighted by Gasteiger charge is -2.24. The van der Waals surface area contributed by atoms with Crippen LogP contribution in [0.25, 0.3) is 11.1 Å². The second kappa shape index (κ2) is 9.02. The van der Waals surface area contributed by atoms with E-state index in [4.69, 9.17) is 4.74 Å². The van der Waals surface area contributed by atoms with Crippen LogP contribution in [0.15, 0.2) is 79.1 Å². The van der Waals surface area contributed by atoms with Gasteiger partial charge < -0.3 is 9.84 Å². The Labute approximate surface area is 160 Å². The SMILES string of the molecule is CC(C)[C@H](Oc1ccc(-c2ccccc2)cc1)C(O)C#Cc1cccnc1. The van der Waals surface area contributed by atoms with E-state index in [1.54, 1.807) is 12.4 Å². The van der Waals surface area contributed by atoms with Crippen molar-refractivity contribution in [3.05, 3.63) is 84.7 Å². The van der Waals surface area contributed by atoms with Gasteiger partial charge in [0.05, 0.1) is 0 Å². The molecule has 2 aromatic carbocycles. The van der Waals surface area contributed by atoms with Crippen LogP contribution in [0, 0.1) is 17.8 Å². The molecule has 0 aliphatic rings. The molecule has 0 spiro atoms. The number of aromatic nitrogens is 1. The second-order valence-corrected chi connectivity index (χ2v) is 6.67. The lowest BCUT2D eigenvalue weighted by atomic mass is 10.0. The van der Waals surface area contributed by atoms with Gasteiger partial charge in [0.1, 0.15) is 11.9 Å². The Kier molecular flexibility index (Phi) is 6.25. The van der Waals surface area contributed by atoms with Crippen molar-refractivity contribution >= 4 is 0 Å². The van der Waals surface area contributed by atoms with Crippen LogP contribution in [0.3, 0.4) is 0 Å². The van der Waals surface area contributed by atoms with Gasteiger partial charge in [0.25, 0.3) is 0 Å². The topological polar surface area (TPSA) is 42.4 Å². The molecule has 0 aliphatic carbocycles. The van der Waals surface area contributed by atoms with Crippen molar-refractivity contribution in [2.24, 2.45) is 5.92 Å². The number of nitrogens with zero attached hydrogens (tertiary/aromatic N) is 1. The number of pyridine rings is 1. The Bertz CT molecular complexity index is 894. The average molecular weight is 357 g/mol. The van der Waals surface area contributed by atoms with Gasteiger partial charge >= 0.3 is 0 Å². The third kappa shape index (κ3) is 5.20. The molecule has 0 radical (unpaired) electrons. The van der Waals surface area contributed by atoms with E-state index in [2.05, 4.69) is 29.0 Å². The van der Waals surface area contributed by atoms with E-state index >= 15 is 0 Å². The Morgan fingerprint density at radius 1 is 0.889 bits per heavy atom. The number of aliphatic hydroxyl groups is 1. The summed E-state index contributed by atoms with van der Waals surface area (Å²) in [7, 11) is 0. The van der Waals surface area contributed by atoms with E-state index in [0.29, 0.717) is 0 Å². The summed E-state index contributed by atoms with van der Waals surface area (Å²) >= 11 is 0. The maximum Gasteiger partial charge on any atom is 0.151 e. The second-order valence-electron chi connectivity index (χ2n) is 6.67. The van der Waals surface area contributed by atoms with Gasteiger partial charge in [-0.05, 0) is 41.3 Å². The molecule has 1 unspecified atom stereocenters. The quantitative estimate of drug-likeness (QED) is 0.681. The summed E-state index contributed by atoms with van der Waals surface area (Å²) in [6.45, 7) is 4.02. The van der Waals surface area contributed by atoms with Crippen LogP contribution in [0.5, 0.6) is 5.75 Å². The van der Waals surface area contributed by atoms with Gasteiger partial charge in [-0.25, -0.2) is 0 Å². The first-order valence-electron chi connectivity index (χ1n) is 9.05. The highest BCUT2D eigenvalue weighted by atomic mass is 16.5. The molecule has 3 aromatic rings. The molecule has 27 heavy (non-hydrogen) atoms. The number of benzene rings is 2. The fourth-order valence-electron chi connectivity index (χ4n) is 2.75. The molecule has 0 aliphatic heterocycles. The number of ether oxygens (including phenoxy) is 1. The Morgan fingerprint density at radius 3 is 2.22 bits per heavy atom. The molecule has 1 heterocycles. The Hall–Kier alpha value is -3.09. The highest BCUT2D eigenvalue weighted by Crippen LogP contribution is 2.24. The molecule has 1 N–H and O–H groups in total. The van der Waals surface area contributed by atoms with Crippen molar-refractivity contribution in [1.29, 1.82) is 0 Å². The highest BCUT2D eigenvalue weighted by Gasteiger charge is 2.23. The molecule has 3 rings (SSSR count). The van der Waals surface area contributed by atoms with Crippen LogP contribution in [0.2, 0.25) is 0 Å². The van der Waals surface area contributed by atoms with E-state index in [9.17, 15) is 5.11 Å². The first-order chi connectivity index (χ1) is 13.1. The minimum atomic E-state index is -0.890. The molecule has 3 nitrogen and oxygen atoms in total. The van der Waals surface area contributed by atoms with Crippen molar-refractivity contribution in [3.63, 3.8) is 0 Å². The van der Waals surface area contributed by atoms with Crippen LogP contribution in [-0.4, -0.2) is 22.3 Å². The average Bonchev–Trinajstić information content (AvgIpc) is 2.72. The first kappa shape index (κ1) is 18.7. The molecule has 1 aromatic heterocycles. The third-order valence-electron chi connectivity index (χ3n) is 4.23. The maximum atomic E-state index is 10.5. The fourth-order valence-corrected chi connectivity index (χ4v) is 2.75. The number of aliphatic hydroxyl groups excluding tert-OH is 1. The van der Waals surface area contributed by atoms with Crippen LogP contribution in [-0.2, 0) is 0 Å². The van der Waals surface area contributed by atoms with E-state index in [1.165, 1.54) is 0 Å². The maximum absolute atomic E-state index is 10.5. The zero-order valence-corrected chi connectivity index (χ0v) is 15.5. The van der Waals surface area contributed by atoms with Crippen LogP contribution in [0.1, 0.15) is 19.4 Å². The predicted molar refractivity (Wildman–Crippen MR) is 108 cm³/mol. The summed E-state index contributed by atoms with van der Waals surface area (Å²) in [4.78, 5) is 4.03. The van der Waals surface area contributed by atoms with Crippen LogP contribution in [0.4, 0.5) is 0 Å². The van der Waals surface area contributed by atoms with E-state index < -0.39 is 12.2 Å². The number of rotatable bonds is 5. The summed E-state index contributed by atoms with van der Waals surface area (Å²) in [5.74, 6) is 6.66. The minimum absolute atomic E-state index is 0.108. The van der Waals surface area contributed by atoms with Crippen molar-refractivity contribution in [1.82, 2.24) is 4.98 Å². The number of hydrogen-bond donors (Lipinski definition) is 1. The monoisotopic (exact) mass is 357 g/mol. The molecule has 0 amide bonds. The summed E-state index contributed by atoms with van der Waals surface area (Å²) in [6.07, 6.45) is 2.06. The largest absolute Gasteiger partial charge is 0.486 e. The van der Waals surface area contributed by atoms with E-state index in [0.717, 1.165) is 22.4 Å². The van der Waals surface area contributed by atoms with Crippen molar-refractivity contribution in [2.75, 3.05) is 0 Å². The first-order valence-corrected chi connectivity index (χ1v) is 9.05. The summed E-state index contributed by atoms with van der Waals surface area (Å²) in [5.41, 5.74) is 3.05. The van der Waals surface area contributed by atoms with Gasteiger partial charge in [-0.2, -0.15) is 0 Å². The molecule has 0 saturated heterocycles. The molecule has 2 atom stereocenters. The smallest absolute Gasteiger partial charge is 0.151 e. The van der Waals surface area contributed by atoms with Crippen molar-refractivity contribution < 1.29 is 9.84 Å². The molecular weight excluding hydrogens is 334 g/mol. The molecule has 3 heteroatoms. The van der Waals surface area contributed by atoms with Crippen LogP contribution >= 0.6 is 0 Å². The molecule has 0 bridgehead atoms. The van der Waals surface area contributed by atoms with Crippen molar-refractivity contribution in [2.45, 2.75) is 26.1 Å². The van der Waals surface area contributed by atoms with Gasteiger partial charge in [-0.3, -0.25) is 4.98 Å². The summed E-state index contributed by atoms with van der Waals surface area (Å²) in [5, 5.41) is 10.5. The summed E-state index contributed by atoms with van der Waals surface area (Å²) in [6, 6.07) is 21.8. The van der Waals surface area contributed by atoms with Gasteiger partial charge in [-0.15, -0.1) is 0 Å². The zero-order valence-electron chi connectivity index (χ0n) is 15.5. The minimum Gasteiger partial charge on any atom is -0.486 e. The normalized spacial score (nSPS) is 12.7. The summed E-state index contributed by atoms with van der Waals surface area (Å²) < 4.78 is 6.05. The van der Waals surface area contributed by atoms with Crippen LogP contribution < -0.4 is 4.74 Å². The lowest BCUT2D eigenvalue weighted by Crippen LogP contribution is -2.35. The lowest BCUT2D eigenvalue weighted by molar-refractivity contribution is 0.0421. The highest BCUT2D eigenvalue weighted by molar-refractivity contribution is 5.63. The molecule has 136 valence electrons. The molecule has 0 fully saturated rings. The number of hydrogen-bond acceptors (Lipinski definition) is 3. The third-order valence-corrected chi connectivity index (χ3v) is 4.23. The van der Waals surface area contributed by atoms with Gasteiger partial charge in [0.15, 0.2) is 6.10 Å². The van der Waals surface area contributed by atoms with Crippen molar-refractivity contribution in [3.8, 4) is 28.7 Å². The standard InChI is InChI=1S/C24H23NO2/c1-18(2)24(23(26)15-10-19-7-6-16-25-17-19)27-22-13-11-21(12-14-22)20-8-4-3-5-9-20/h3-9,11-14,16-18,23-24,26H,1-2H3/t23?,24-/m0/s1. The van der Waals surface area contributed by atoms with Gasteiger partial charge in [-0.1, -0.05) is 68.2 Å². The fraction of sp³-hybridized carbons (Fsp3) is 0.208. The predicted octanol–water partition coefficient (Wildman–Crippen LogP) is 4.56. The molecule has 0 saturated carbocycles. The zero-order chi connectivity index (χ0) is 19.1. The van der Waals surface area contributed by atoms with E-state index in [-0.39, 0.29) is 5.92 Å². The molecular formula is C24H23NO2.